The van der Waals surface area contributed by atoms with E-state index in [1.165, 1.54) is 7.11 Å². The van der Waals surface area contributed by atoms with E-state index in [2.05, 4.69) is 4.98 Å². The van der Waals surface area contributed by atoms with Crippen LogP contribution in [0.5, 0.6) is 0 Å². The van der Waals surface area contributed by atoms with Crippen molar-refractivity contribution in [3.05, 3.63) is 94.6 Å². The largest absolute Gasteiger partial charge is 0.372 e. The fourth-order valence-corrected chi connectivity index (χ4v) is 6.05. The second kappa shape index (κ2) is 9.31. The van der Waals surface area contributed by atoms with Crippen molar-refractivity contribution in [2.45, 2.75) is 13.2 Å². The number of halogens is 1. The standard InChI is InChI=1S/C24H22ClN2O4P/c1-30-32(29,23-20-13-18(25)10-11-21(20)27-22(23)24(26)28)19-9-5-8-17(12-19)15-31-14-16-6-3-2-4-7-16/h2-13,27H,14-15H2,1H3,(H2,26,28). The lowest BCUT2D eigenvalue weighted by Gasteiger charge is -2.18. The highest BCUT2D eigenvalue weighted by atomic mass is 35.5. The predicted molar refractivity (Wildman–Crippen MR) is 127 cm³/mol. The van der Waals surface area contributed by atoms with Crippen molar-refractivity contribution < 1.29 is 18.6 Å². The van der Waals surface area contributed by atoms with E-state index in [1.54, 1.807) is 36.4 Å². The van der Waals surface area contributed by atoms with E-state index in [-0.39, 0.29) is 11.0 Å². The van der Waals surface area contributed by atoms with Crippen LogP contribution >= 0.6 is 19.0 Å². The number of rotatable bonds is 8. The Morgan fingerprint density at radius 1 is 1.00 bits per heavy atom. The third-order valence-corrected chi connectivity index (χ3v) is 7.92. The van der Waals surface area contributed by atoms with Crippen molar-refractivity contribution in [3.8, 4) is 0 Å². The summed E-state index contributed by atoms with van der Waals surface area (Å²) in [5, 5.41) is 1.62. The third-order valence-electron chi connectivity index (χ3n) is 5.16. The number of H-pyrrole nitrogens is 1. The highest BCUT2D eigenvalue weighted by Gasteiger charge is 2.35. The van der Waals surface area contributed by atoms with Gasteiger partial charge in [-0.25, -0.2) is 0 Å². The molecule has 32 heavy (non-hydrogen) atoms. The fourth-order valence-electron chi connectivity index (χ4n) is 3.65. The molecular weight excluding hydrogens is 447 g/mol. The summed E-state index contributed by atoms with van der Waals surface area (Å²) in [4.78, 5) is 15.1. The molecule has 1 atom stereocenters. The van der Waals surface area contributed by atoms with E-state index in [1.807, 2.05) is 36.4 Å². The van der Waals surface area contributed by atoms with Gasteiger partial charge in [0.05, 0.1) is 18.5 Å². The van der Waals surface area contributed by atoms with Crippen LogP contribution in [0.25, 0.3) is 10.9 Å². The SMILES string of the molecule is COP(=O)(c1cccc(COCc2ccccc2)c1)c1c(C(N)=O)[nH]c2ccc(Cl)cc12. The topological polar surface area (TPSA) is 94.4 Å². The molecule has 0 radical (unpaired) electrons. The number of hydrogen-bond donors (Lipinski definition) is 2. The molecule has 0 aliphatic carbocycles. The number of primary amides is 1. The van der Waals surface area contributed by atoms with Crippen molar-refractivity contribution in [2.24, 2.45) is 5.73 Å². The molecule has 0 saturated carbocycles. The van der Waals surface area contributed by atoms with Gasteiger partial charge in [-0.05, 0) is 41.5 Å². The van der Waals surface area contributed by atoms with Crippen molar-refractivity contribution in [2.75, 3.05) is 7.11 Å². The summed E-state index contributed by atoms with van der Waals surface area (Å²) in [6.45, 7) is 0.786. The summed E-state index contributed by atoms with van der Waals surface area (Å²) < 4.78 is 25.6. The van der Waals surface area contributed by atoms with Crippen LogP contribution < -0.4 is 16.3 Å². The maximum Gasteiger partial charge on any atom is 0.266 e. The number of benzene rings is 3. The van der Waals surface area contributed by atoms with Gasteiger partial charge in [0.15, 0.2) is 0 Å². The van der Waals surface area contributed by atoms with Crippen molar-refractivity contribution in [3.63, 3.8) is 0 Å². The van der Waals surface area contributed by atoms with Crippen LogP contribution in [-0.4, -0.2) is 18.0 Å². The van der Waals surface area contributed by atoms with Crippen molar-refractivity contribution >= 4 is 46.4 Å². The lowest BCUT2D eigenvalue weighted by atomic mass is 10.2. The summed E-state index contributed by atoms with van der Waals surface area (Å²) in [6.07, 6.45) is 0. The average Bonchev–Trinajstić information content (AvgIpc) is 3.19. The Bertz CT molecular complexity index is 1320. The predicted octanol–water partition coefficient (Wildman–Crippen LogP) is 4.51. The van der Waals surface area contributed by atoms with E-state index in [0.717, 1.165) is 11.1 Å². The molecule has 0 spiro atoms. The summed E-state index contributed by atoms with van der Waals surface area (Å²) in [5.41, 5.74) is 8.12. The normalized spacial score (nSPS) is 13.2. The monoisotopic (exact) mass is 468 g/mol. The van der Waals surface area contributed by atoms with Gasteiger partial charge in [-0.2, -0.15) is 0 Å². The molecule has 3 N–H and O–H groups in total. The lowest BCUT2D eigenvalue weighted by molar-refractivity contribution is 0.0997. The number of aromatic nitrogens is 1. The third kappa shape index (κ3) is 4.36. The molecule has 1 heterocycles. The van der Waals surface area contributed by atoms with Crippen LogP contribution in [0.2, 0.25) is 5.02 Å². The van der Waals surface area contributed by atoms with Gasteiger partial charge in [0.1, 0.15) is 5.69 Å². The number of aromatic amines is 1. The summed E-state index contributed by atoms with van der Waals surface area (Å²) >= 11 is 6.17. The number of fused-ring (bicyclic) bond motifs is 1. The number of ether oxygens (including phenoxy) is 1. The molecule has 4 rings (SSSR count). The number of amides is 1. The van der Waals surface area contributed by atoms with Gasteiger partial charge in [0.2, 0.25) is 0 Å². The molecule has 1 unspecified atom stereocenters. The number of carbonyl (C=O) groups is 1. The minimum atomic E-state index is -3.68. The average molecular weight is 469 g/mol. The van der Waals surface area contributed by atoms with E-state index < -0.39 is 13.3 Å². The first kappa shape index (κ1) is 22.3. The van der Waals surface area contributed by atoms with Gasteiger partial charge in [-0.15, -0.1) is 0 Å². The Kier molecular flexibility index (Phi) is 6.49. The molecule has 0 bridgehead atoms. The zero-order valence-corrected chi connectivity index (χ0v) is 19.0. The minimum absolute atomic E-state index is 0.0400. The molecule has 164 valence electrons. The summed E-state index contributed by atoms with van der Waals surface area (Å²) in [7, 11) is -2.32. The fraction of sp³-hybridized carbons (Fsp3) is 0.125. The van der Waals surface area contributed by atoms with Crippen molar-refractivity contribution in [1.82, 2.24) is 4.98 Å². The molecule has 0 aliphatic rings. The maximum absolute atomic E-state index is 14.2. The number of nitrogens with one attached hydrogen (secondary N) is 1. The molecule has 0 saturated heterocycles. The van der Waals surface area contributed by atoms with Crippen LogP contribution in [0.1, 0.15) is 21.6 Å². The van der Waals surface area contributed by atoms with E-state index in [0.29, 0.717) is 34.4 Å². The molecule has 0 aliphatic heterocycles. The first-order chi connectivity index (χ1) is 15.4. The molecule has 4 aromatic rings. The van der Waals surface area contributed by atoms with Gasteiger partial charge < -0.3 is 20.0 Å². The molecule has 6 nitrogen and oxygen atoms in total. The maximum atomic E-state index is 14.2. The Morgan fingerprint density at radius 2 is 1.72 bits per heavy atom. The molecule has 1 amide bonds. The Morgan fingerprint density at radius 3 is 2.44 bits per heavy atom. The quantitative estimate of drug-likeness (QED) is 0.372. The smallest absolute Gasteiger partial charge is 0.266 e. The van der Waals surface area contributed by atoms with E-state index >= 15 is 0 Å². The van der Waals surface area contributed by atoms with Crippen LogP contribution in [0, 0.1) is 0 Å². The van der Waals surface area contributed by atoms with Gasteiger partial charge in [0.25, 0.3) is 13.3 Å². The second-order valence-electron chi connectivity index (χ2n) is 7.29. The molecule has 3 aromatic carbocycles. The zero-order valence-electron chi connectivity index (χ0n) is 17.4. The van der Waals surface area contributed by atoms with Gasteiger partial charge in [-0.3, -0.25) is 9.36 Å². The first-order valence-corrected chi connectivity index (χ1v) is 11.9. The van der Waals surface area contributed by atoms with Crippen LogP contribution in [0.3, 0.4) is 0 Å². The van der Waals surface area contributed by atoms with Gasteiger partial charge >= 0.3 is 0 Å². The van der Waals surface area contributed by atoms with Crippen LogP contribution in [0.4, 0.5) is 0 Å². The van der Waals surface area contributed by atoms with Crippen LogP contribution in [-0.2, 0) is 27.0 Å². The van der Waals surface area contributed by atoms with Gasteiger partial charge in [-0.1, -0.05) is 54.1 Å². The summed E-state index contributed by atoms with van der Waals surface area (Å²) in [5.74, 6) is -0.730. The van der Waals surface area contributed by atoms with Crippen LogP contribution in [0.15, 0.2) is 72.8 Å². The number of hydrogen-bond acceptors (Lipinski definition) is 4. The lowest BCUT2D eigenvalue weighted by Crippen LogP contribution is -2.26. The first-order valence-electron chi connectivity index (χ1n) is 9.91. The van der Waals surface area contributed by atoms with E-state index in [4.69, 9.17) is 26.6 Å². The number of nitrogens with two attached hydrogens (primary N) is 1. The van der Waals surface area contributed by atoms with Crippen molar-refractivity contribution in [1.29, 1.82) is 0 Å². The molecule has 0 fully saturated rings. The second-order valence-corrected chi connectivity index (χ2v) is 10.2. The zero-order chi connectivity index (χ0) is 22.7. The minimum Gasteiger partial charge on any atom is -0.372 e. The highest BCUT2D eigenvalue weighted by Crippen LogP contribution is 2.47. The van der Waals surface area contributed by atoms with E-state index in [9.17, 15) is 9.36 Å². The molecular formula is C24H22ClN2O4P. The van der Waals surface area contributed by atoms with Gasteiger partial charge in [0, 0.05) is 28.3 Å². The number of carbonyl (C=O) groups excluding carboxylic acids is 1. The summed E-state index contributed by atoms with van der Waals surface area (Å²) in [6, 6.07) is 22.0. The highest BCUT2D eigenvalue weighted by molar-refractivity contribution is 7.75. The molecule has 1 aromatic heterocycles. The molecule has 8 heteroatoms. The Balaban J connectivity index is 1.71. The Labute approximate surface area is 190 Å². The Hall–Kier alpha value is -2.89.